The second-order valence-corrected chi connectivity index (χ2v) is 7.32. The van der Waals surface area contributed by atoms with Crippen molar-refractivity contribution in [3.63, 3.8) is 0 Å². The zero-order chi connectivity index (χ0) is 14.0. The summed E-state index contributed by atoms with van der Waals surface area (Å²) in [5.74, 6) is 0.378. The Morgan fingerprint density at radius 1 is 1.45 bits per heavy atom. The van der Waals surface area contributed by atoms with Crippen molar-refractivity contribution in [3.05, 3.63) is 28.8 Å². The first kappa shape index (κ1) is 17.7. The fourth-order valence-corrected chi connectivity index (χ4v) is 4.51. The number of nitrogens with zero attached hydrogens (tertiary/aromatic N) is 1. The molecule has 1 atom stereocenters. The standard InChI is InChI=1S/C13H19ClN2O2S.ClH/c1-10-3-4-12(14)13(7-10)19(17,18)16-6-5-11(9-16)8-15-2;/h3-4,7,11,15H,5-6,8-9H2,1-2H3;1H. The Balaban J connectivity index is 0.00000200. The van der Waals surface area contributed by atoms with E-state index < -0.39 is 10.0 Å². The summed E-state index contributed by atoms with van der Waals surface area (Å²) >= 11 is 6.04. The van der Waals surface area contributed by atoms with E-state index in [1.54, 1.807) is 12.1 Å². The van der Waals surface area contributed by atoms with E-state index in [-0.39, 0.29) is 17.3 Å². The van der Waals surface area contributed by atoms with Gasteiger partial charge in [0, 0.05) is 13.1 Å². The molecule has 1 saturated heterocycles. The van der Waals surface area contributed by atoms with Gasteiger partial charge in [-0.05, 0) is 50.6 Å². The third-order valence-electron chi connectivity index (χ3n) is 3.45. The molecule has 7 heteroatoms. The Hall–Kier alpha value is -0.330. The van der Waals surface area contributed by atoms with Crippen molar-refractivity contribution in [1.82, 2.24) is 9.62 Å². The van der Waals surface area contributed by atoms with E-state index in [0.717, 1.165) is 18.5 Å². The normalized spacial score (nSPS) is 19.9. The molecule has 0 aliphatic carbocycles. The fourth-order valence-electron chi connectivity index (χ4n) is 2.42. The maximum atomic E-state index is 12.6. The number of rotatable bonds is 4. The third-order valence-corrected chi connectivity index (χ3v) is 5.79. The van der Waals surface area contributed by atoms with E-state index in [9.17, 15) is 8.42 Å². The van der Waals surface area contributed by atoms with Gasteiger partial charge in [0.25, 0.3) is 0 Å². The number of hydrogen-bond donors (Lipinski definition) is 1. The van der Waals surface area contributed by atoms with Crippen LogP contribution in [0.3, 0.4) is 0 Å². The fraction of sp³-hybridized carbons (Fsp3) is 0.538. The molecule has 0 bridgehead atoms. The molecule has 1 fully saturated rings. The van der Waals surface area contributed by atoms with Crippen molar-refractivity contribution < 1.29 is 8.42 Å². The van der Waals surface area contributed by atoms with Crippen molar-refractivity contribution in [1.29, 1.82) is 0 Å². The Kier molecular flexibility index (Phi) is 6.28. The lowest BCUT2D eigenvalue weighted by Gasteiger charge is -2.18. The number of sulfonamides is 1. The summed E-state index contributed by atoms with van der Waals surface area (Å²) in [6.45, 7) is 3.84. The molecule has 1 aromatic carbocycles. The van der Waals surface area contributed by atoms with Crippen LogP contribution in [0.25, 0.3) is 0 Å². The minimum atomic E-state index is -3.47. The van der Waals surface area contributed by atoms with Crippen LogP contribution in [-0.4, -0.2) is 39.4 Å². The topological polar surface area (TPSA) is 49.4 Å². The molecule has 1 aliphatic heterocycles. The summed E-state index contributed by atoms with van der Waals surface area (Å²) in [6.07, 6.45) is 0.892. The lowest BCUT2D eigenvalue weighted by Crippen LogP contribution is -2.30. The number of hydrogen-bond acceptors (Lipinski definition) is 3. The Morgan fingerprint density at radius 3 is 2.80 bits per heavy atom. The molecular formula is C13H20Cl2N2O2S. The van der Waals surface area contributed by atoms with Crippen molar-refractivity contribution in [2.45, 2.75) is 18.2 Å². The van der Waals surface area contributed by atoms with Gasteiger partial charge in [0.15, 0.2) is 0 Å². The van der Waals surface area contributed by atoms with Crippen LogP contribution in [0.5, 0.6) is 0 Å². The van der Waals surface area contributed by atoms with Gasteiger partial charge in [0.2, 0.25) is 10.0 Å². The number of halogens is 2. The van der Waals surface area contributed by atoms with E-state index in [4.69, 9.17) is 11.6 Å². The molecule has 1 aromatic rings. The molecular weight excluding hydrogens is 319 g/mol. The van der Waals surface area contributed by atoms with Crippen molar-refractivity contribution in [2.24, 2.45) is 5.92 Å². The molecule has 0 saturated carbocycles. The van der Waals surface area contributed by atoms with E-state index in [1.165, 1.54) is 4.31 Å². The molecule has 20 heavy (non-hydrogen) atoms. The van der Waals surface area contributed by atoms with Crippen LogP contribution in [0.4, 0.5) is 0 Å². The lowest BCUT2D eigenvalue weighted by molar-refractivity contribution is 0.451. The zero-order valence-corrected chi connectivity index (χ0v) is 14.0. The van der Waals surface area contributed by atoms with Gasteiger partial charge in [-0.1, -0.05) is 17.7 Å². The van der Waals surface area contributed by atoms with Gasteiger partial charge in [-0.2, -0.15) is 4.31 Å². The van der Waals surface area contributed by atoms with Gasteiger partial charge in [-0.15, -0.1) is 12.4 Å². The highest BCUT2D eigenvalue weighted by atomic mass is 35.5. The van der Waals surface area contributed by atoms with Gasteiger partial charge in [-0.3, -0.25) is 0 Å². The minimum Gasteiger partial charge on any atom is -0.319 e. The first-order chi connectivity index (χ1) is 8.95. The second-order valence-electron chi connectivity index (χ2n) is 5.01. The summed E-state index contributed by atoms with van der Waals surface area (Å²) < 4.78 is 26.7. The van der Waals surface area contributed by atoms with Crippen molar-refractivity contribution in [2.75, 3.05) is 26.7 Å². The first-order valence-corrected chi connectivity index (χ1v) is 8.18. The average Bonchev–Trinajstić information content (AvgIpc) is 2.82. The van der Waals surface area contributed by atoms with Crippen molar-refractivity contribution >= 4 is 34.0 Å². The summed E-state index contributed by atoms with van der Waals surface area (Å²) in [5.41, 5.74) is 0.897. The Bertz CT molecular complexity index is 563. The highest BCUT2D eigenvalue weighted by Gasteiger charge is 2.33. The molecule has 1 N–H and O–H groups in total. The molecule has 114 valence electrons. The molecule has 0 aromatic heterocycles. The highest BCUT2D eigenvalue weighted by molar-refractivity contribution is 7.89. The molecule has 1 aliphatic rings. The molecule has 1 unspecified atom stereocenters. The predicted octanol–water partition coefficient (Wildman–Crippen LogP) is 2.30. The van der Waals surface area contributed by atoms with Crippen LogP contribution in [0.2, 0.25) is 5.02 Å². The molecule has 0 spiro atoms. The van der Waals surface area contributed by atoms with Gasteiger partial charge in [0.05, 0.1) is 5.02 Å². The monoisotopic (exact) mass is 338 g/mol. The molecule has 1 heterocycles. The predicted molar refractivity (Wildman–Crippen MR) is 84.2 cm³/mol. The van der Waals surface area contributed by atoms with Crippen LogP contribution < -0.4 is 5.32 Å². The first-order valence-electron chi connectivity index (χ1n) is 6.36. The number of nitrogens with one attached hydrogen (secondary N) is 1. The number of aryl methyl sites for hydroxylation is 1. The van der Waals surface area contributed by atoms with Crippen LogP contribution in [0, 0.1) is 12.8 Å². The summed E-state index contributed by atoms with van der Waals surface area (Å²) in [7, 11) is -1.59. The Morgan fingerprint density at radius 2 is 2.15 bits per heavy atom. The van der Waals surface area contributed by atoms with Crippen molar-refractivity contribution in [3.8, 4) is 0 Å². The lowest BCUT2D eigenvalue weighted by atomic mass is 10.1. The van der Waals surface area contributed by atoms with E-state index in [0.29, 0.717) is 24.0 Å². The maximum absolute atomic E-state index is 12.6. The van der Waals surface area contributed by atoms with Gasteiger partial charge >= 0.3 is 0 Å². The Labute approximate surface area is 132 Å². The zero-order valence-electron chi connectivity index (χ0n) is 11.6. The summed E-state index contributed by atoms with van der Waals surface area (Å²) in [6, 6.07) is 5.10. The SMILES string of the molecule is CNCC1CCN(S(=O)(=O)c2cc(C)ccc2Cl)C1.Cl. The molecule has 2 rings (SSSR count). The van der Waals surface area contributed by atoms with Crippen LogP contribution in [-0.2, 0) is 10.0 Å². The van der Waals surface area contributed by atoms with Gasteiger partial charge in [0.1, 0.15) is 4.90 Å². The largest absolute Gasteiger partial charge is 0.319 e. The molecule has 0 radical (unpaired) electrons. The number of benzene rings is 1. The van der Waals surface area contributed by atoms with Gasteiger partial charge in [-0.25, -0.2) is 8.42 Å². The van der Waals surface area contributed by atoms with E-state index in [2.05, 4.69) is 5.32 Å². The van der Waals surface area contributed by atoms with Crippen LogP contribution in [0.1, 0.15) is 12.0 Å². The summed E-state index contributed by atoms with van der Waals surface area (Å²) in [4.78, 5) is 0.222. The molecule has 0 amide bonds. The van der Waals surface area contributed by atoms with Crippen LogP contribution in [0.15, 0.2) is 23.1 Å². The average molecular weight is 339 g/mol. The summed E-state index contributed by atoms with van der Waals surface area (Å²) in [5, 5.41) is 3.39. The highest BCUT2D eigenvalue weighted by Crippen LogP contribution is 2.29. The second kappa shape index (κ2) is 7.09. The quantitative estimate of drug-likeness (QED) is 0.916. The maximum Gasteiger partial charge on any atom is 0.244 e. The smallest absolute Gasteiger partial charge is 0.244 e. The molecule has 4 nitrogen and oxygen atoms in total. The third kappa shape index (κ3) is 3.65. The van der Waals surface area contributed by atoms with Crippen LogP contribution >= 0.6 is 24.0 Å². The van der Waals surface area contributed by atoms with E-state index in [1.807, 2.05) is 20.0 Å². The minimum absolute atomic E-state index is 0. The van der Waals surface area contributed by atoms with Gasteiger partial charge < -0.3 is 5.32 Å². The van der Waals surface area contributed by atoms with E-state index >= 15 is 0 Å².